The van der Waals surface area contributed by atoms with Crippen LogP contribution in [-0.4, -0.2) is 34.9 Å². The van der Waals surface area contributed by atoms with Gasteiger partial charge in [0.15, 0.2) is 0 Å². The molecule has 0 saturated carbocycles. The third-order valence-corrected chi connectivity index (χ3v) is 5.02. The maximum atomic E-state index is 12.8. The standard InChI is InChI=1S/C20H24N4O3.ClH/c1-14-9-16(11-21)13-23(14)20(25)17-7-8-18(19(10-17)24(26)27)22-12-15-5-3-2-4-6-15;/h2-8,10,14,16,22H,9,11-13,21H2,1H3;1H. The van der Waals surface area contributed by atoms with Gasteiger partial charge in [-0.1, -0.05) is 30.3 Å². The first-order valence-corrected chi connectivity index (χ1v) is 9.07. The molecule has 1 aliphatic heterocycles. The summed E-state index contributed by atoms with van der Waals surface area (Å²) in [6.07, 6.45) is 0.862. The van der Waals surface area contributed by atoms with Crippen molar-refractivity contribution in [3.8, 4) is 0 Å². The minimum absolute atomic E-state index is 0. The Bertz CT molecular complexity index is 831. The monoisotopic (exact) mass is 404 g/mol. The number of benzene rings is 2. The number of halogens is 1. The molecule has 1 aliphatic rings. The van der Waals surface area contributed by atoms with Crippen LogP contribution in [-0.2, 0) is 6.54 Å². The Morgan fingerprint density at radius 1 is 1.29 bits per heavy atom. The molecule has 2 atom stereocenters. The van der Waals surface area contributed by atoms with Gasteiger partial charge < -0.3 is 16.0 Å². The van der Waals surface area contributed by atoms with Crippen molar-refractivity contribution in [1.29, 1.82) is 0 Å². The summed E-state index contributed by atoms with van der Waals surface area (Å²) in [4.78, 5) is 25.6. The maximum absolute atomic E-state index is 12.8. The van der Waals surface area contributed by atoms with Crippen molar-refractivity contribution in [1.82, 2.24) is 4.90 Å². The van der Waals surface area contributed by atoms with Crippen molar-refractivity contribution in [2.75, 3.05) is 18.4 Å². The summed E-state index contributed by atoms with van der Waals surface area (Å²) >= 11 is 0. The highest BCUT2D eigenvalue weighted by Gasteiger charge is 2.32. The van der Waals surface area contributed by atoms with E-state index in [0.717, 1.165) is 12.0 Å². The lowest BCUT2D eigenvalue weighted by Crippen LogP contribution is -2.34. The van der Waals surface area contributed by atoms with Crippen molar-refractivity contribution >= 4 is 29.7 Å². The molecule has 2 aromatic rings. The third kappa shape index (κ3) is 4.79. The smallest absolute Gasteiger partial charge is 0.293 e. The molecular formula is C20H25ClN4O3. The summed E-state index contributed by atoms with van der Waals surface area (Å²) in [5, 5.41) is 14.6. The molecule has 2 unspecified atom stereocenters. The molecule has 0 spiro atoms. The molecular weight excluding hydrogens is 380 g/mol. The quantitative estimate of drug-likeness (QED) is 0.567. The molecule has 1 heterocycles. The summed E-state index contributed by atoms with van der Waals surface area (Å²) in [6, 6.07) is 14.3. The molecule has 0 bridgehead atoms. The van der Waals surface area contributed by atoms with Gasteiger partial charge in [-0.25, -0.2) is 0 Å². The maximum Gasteiger partial charge on any atom is 0.293 e. The number of nitro groups is 1. The van der Waals surface area contributed by atoms with Crippen LogP contribution in [0.2, 0.25) is 0 Å². The van der Waals surface area contributed by atoms with Crippen molar-refractivity contribution in [2.24, 2.45) is 11.7 Å². The zero-order valence-corrected chi connectivity index (χ0v) is 16.5. The second-order valence-corrected chi connectivity index (χ2v) is 6.97. The predicted molar refractivity (Wildman–Crippen MR) is 112 cm³/mol. The number of rotatable bonds is 6. The number of nitrogens with one attached hydrogen (secondary N) is 1. The van der Waals surface area contributed by atoms with E-state index in [1.54, 1.807) is 17.0 Å². The van der Waals surface area contributed by atoms with E-state index < -0.39 is 4.92 Å². The van der Waals surface area contributed by atoms with Gasteiger partial charge in [-0.15, -0.1) is 12.4 Å². The van der Waals surface area contributed by atoms with Crippen molar-refractivity contribution < 1.29 is 9.72 Å². The van der Waals surface area contributed by atoms with Crippen LogP contribution in [0, 0.1) is 16.0 Å². The number of nitro benzene ring substituents is 1. The highest BCUT2D eigenvalue weighted by Crippen LogP contribution is 2.29. The summed E-state index contributed by atoms with van der Waals surface area (Å²) in [5.41, 5.74) is 7.38. The number of carbonyl (C=O) groups is 1. The van der Waals surface area contributed by atoms with Crippen LogP contribution in [0.4, 0.5) is 11.4 Å². The Morgan fingerprint density at radius 2 is 2.00 bits per heavy atom. The van der Waals surface area contributed by atoms with E-state index in [-0.39, 0.29) is 36.0 Å². The van der Waals surface area contributed by atoms with Crippen LogP contribution < -0.4 is 11.1 Å². The van der Waals surface area contributed by atoms with E-state index in [4.69, 9.17) is 5.73 Å². The summed E-state index contributed by atoms with van der Waals surface area (Å²) in [5.74, 6) is 0.0990. The van der Waals surface area contributed by atoms with Crippen LogP contribution in [0.3, 0.4) is 0 Å². The van der Waals surface area contributed by atoms with E-state index in [1.165, 1.54) is 6.07 Å². The molecule has 7 nitrogen and oxygen atoms in total. The first-order chi connectivity index (χ1) is 13.0. The van der Waals surface area contributed by atoms with Gasteiger partial charge in [-0.2, -0.15) is 0 Å². The average Bonchev–Trinajstić information content (AvgIpc) is 3.07. The first-order valence-electron chi connectivity index (χ1n) is 9.07. The summed E-state index contributed by atoms with van der Waals surface area (Å²) in [7, 11) is 0. The minimum Gasteiger partial charge on any atom is -0.375 e. The fourth-order valence-electron chi connectivity index (χ4n) is 3.52. The number of nitrogens with two attached hydrogens (primary N) is 1. The normalized spacial score (nSPS) is 18.4. The number of carbonyl (C=O) groups excluding carboxylic acids is 1. The van der Waals surface area contributed by atoms with Crippen molar-refractivity contribution in [3.05, 3.63) is 69.8 Å². The largest absolute Gasteiger partial charge is 0.375 e. The number of likely N-dealkylation sites (tertiary alicyclic amines) is 1. The molecule has 0 radical (unpaired) electrons. The lowest BCUT2D eigenvalue weighted by atomic mass is 10.1. The van der Waals surface area contributed by atoms with Gasteiger partial charge in [0.1, 0.15) is 5.69 Å². The molecule has 0 aromatic heterocycles. The van der Waals surface area contributed by atoms with Crippen LogP contribution in [0.5, 0.6) is 0 Å². The zero-order valence-electron chi connectivity index (χ0n) is 15.7. The second-order valence-electron chi connectivity index (χ2n) is 6.97. The minimum atomic E-state index is -0.458. The highest BCUT2D eigenvalue weighted by atomic mass is 35.5. The summed E-state index contributed by atoms with van der Waals surface area (Å²) < 4.78 is 0. The molecule has 1 fully saturated rings. The number of anilines is 1. The first kappa shape index (κ1) is 21.7. The van der Waals surface area contributed by atoms with Crippen LogP contribution in [0.15, 0.2) is 48.5 Å². The second kappa shape index (κ2) is 9.52. The van der Waals surface area contributed by atoms with E-state index >= 15 is 0 Å². The number of nitrogens with zero attached hydrogens (tertiary/aromatic N) is 2. The highest BCUT2D eigenvalue weighted by molar-refractivity contribution is 5.96. The fraction of sp³-hybridized carbons (Fsp3) is 0.350. The molecule has 8 heteroatoms. The summed E-state index contributed by atoms with van der Waals surface area (Å²) in [6.45, 7) is 3.59. The molecule has 3 rings (SSSR count). The van der Waals surface area contributed by atoms with Gasteiger partial charge >= 0.3 is 0 Å². The van der Waals surface area contributed by atoms with Gasteiger partial charge in [0.2, 0.25) is 0 Å². The number of amides is 1. The van der Waals surface area contributed by atoms with Crippen LogP contribution in [0.25, 0.3) is 0 Å². The molecule has 28 heavy (non-hydrogen) atoms. The topological polar surface area (TPSA) is 102 Å². The van der Waals surface area contributed by atoms with Crippen molar-refractivity contribution in [2.45, 2.75) is 25.9 Å². The Kier molecular flexibility index (Phi) is 7.37. The van der Waals surface area contributed by atoms with Crippen LogP contribution >= 0.6 is 12.4 Å². The van der Waals surface area contributed by atoms with Gasteiger partial charge in [-0.05, 0) is 43.5 Å². The van der Waals surface area contributed by atoms with Gasteiger partial charge in [0.25, 0.3) is 11.6 Å². The lowest BCUT2D eigenvalue weighted by Gasteiger charge is -2.21. The zero-order chi connectivity index (χ0) is 19.4. The number of hydrogen-bond donors (Lipinski definition) is 2. The van der Waals surface area contributed by atoms with Gasteiger partial charge in [-0.3, -0.25) is 14.9 Å². The van der Waals surface area contributed by atoms with E-state index in [0.29, 0.717) is 30.9 Å². The van der Waals surface area contributed by atoms with Gasteiger partial charge in [0.05, 0.1) is 4.92 Å². The molecule has 1 amide bonds. The lowest BCUT2D eigenvalue weighted by molar-refractivity contribution is -0.384. The average molecular weight is 405 g/mol. The Hall–Kier alpha value is -2.64. The van der Waals surface area contributed by atoms with E-state index in [9.17, 15) is 14.9 Å². The third-order valence-electron chi connectivity index (χ3n) is 5.02. The Balaban J connectivity index is 0.00000280. The molecule has 1 saturated heterocycles. The Labute approximate surface area is 170 Å². The van der Waals surface area contributed by atoms with E-state index in [2.05, 4.69) is 5.32 Å². The van der Waals surface area contributed by atoms with Gasteiger partial charge in [0, 0.05) is 30.8 Å². The van der Waals surface area contributed by atoms with Crippen LogP contribution in [0.1, 0.15) is 29.3 Å². The SMILES string of the molecule is CC1CC(CN)CN1C(=O)c1ccc(NCc2ccccc2)c([N+](=O)[O-])c1.Cl. The van der Waals surface area contributed by atoms with Crippen molar-refractivity contribution in [3.63, 3.8) is 0 Å². The molecule has 0 aliphatic carbocycles. The molecule has 3 N–H and O–H groups in total. The molecule has 150 valence electrons. The Morgan fingerprint density at radius 3 is 2.61 bits per heavy atom. The number of hydrogen-bond acceptors (Lipinski definition) is 5. The predicted octanol–water partition coefficient (Wildman–Crippen LogP) is 3.44. The van der Waals surface area contributed by atoms with E-state index in [1.807, 2.05) is 37.3 Å². The fourth-order valence-corrected chi connectivity index (χ4v) is 3.52. The molecule has 2 aromatic carbocycles.